The Morgan fingerprint density at radius 3 is 2.68 bits per heavy atom. The number of methoxy groups -OCH3 is 1. The molecule has 1 aromatic rings. The molecule has 1 rings (SSSR count). The number of carbonyl (C=O) groups excluding carboxylic acids is 1. The number of nitrogens with zero attached hydrogens (tertiary/aromatic N) is 1. The van der Waals surface area contributed by atoms with Crippen LogP contribution in [0, 0.1) is 0 Å². The van der Waals surface area contributed by atoms with Crippen LogP contribution in [0.2, 0.25) is 0 Å². The van der Waals surface area contributed by atoms with E-state index in [1.165, 1.54) is 0 Å². The minimum atomic E-state index is -0.905. The number of halogens is 1. The smallest absolute Gasteiger partial charge is 0.305 e. The van der Waals surface area contributed by atoms with Crippen molar-refractivity contribution < 1.29 is 19.4 Å². The Morgan fingerprint density at radius 1 is 1.36 bits per heavy atom. The van der Waals surface area contributed by atoms with E-state index in [1.807, 2.05) is 31.2 Å². The predicted octanol–water partition coefficient (Wildman–Crippen LogP) is 3.07. The van der Waals surface area contributed by atoms with E-state index in [4.69, 9.17) is 9.84 Å². The van der Waals surface area contributed by atoms with Crippen LogP contribution in [0.5, 0.6) is 0 Å². The molecular formula is C16H22BrNO4. The highest BCUT2D eigenvalue weighted by molar-refractivity contribution is 9.10. The normalized spacial score (nSPS) is 12.0. The van der Waals surface area contributed by atoms with Gasteiger partial charge in [0.25, 0.3) is 0 Å². The van der Waals surface area contributed by atoms with Crippen molar-refractivity contribution in [3.8, 4) is 0 Å². The van der Waals surface area contributed by atoms with Gasteiger partial charge in [0.2, 0.25) is 5.91 Å². The van der Waals surface area contributed by atoms with Gasteiger partial charge in [-0.1, -0.05) is 28.1 Å². The molecule has 0 heterocycles. The van der Waals surface area contributed by atoms with Crippen LogP contribution in [0.1, 0.15) is 31.7 Å². The van der Waals surface area contributed by atoms with Gasteiger partial charge in [-0.15, -0.1) is 0 Å². The average Bonchev–Trinajstić information content (AvgIpc) is 2.48. The summed E-state index contributed by atoms with van der Waals surface area (Å²) in [5.74, 6) is -0.956. The number of benzene rings is 1. The first-order valence-corrected chi connectivity index (χ1v) is 7.98. The van der Waals surface area contributed by atoms with Gasteiger partial charge in [-0.3, -0.25) is 9.59 Å². The quantitative estimate of drug-likeness (QED) is 0.724. The monoisotopic (exact) mass is 371 g/mol. The Balaban J connectivity index is 2.69. The first-order valence-electron chi connectivity index (χ1n) is 7.19. The number of amides is 1. The van der Waals surface area contributed by atoms with E-state index in [-0.39, 0.29) is 25.0 Å². The fourth-order valence-electron chi connectivity index (χ4n) is 1.98. The average molecular weight is 372 g/mol. The fraction of sp³-hybridized carbons (Fsp3) is 0.500. The molecule has 0 fully saturated rings. The number of carboxylic acid groups (broad SMARTS) is 1. The molecule has 0 saturated carbocycles. The summed E-state index contributed by atoms with van der Waals surface area (Å²) in [7, 11) is 1.61. The number of hydrogen-bond acceptors (Lipinski definition) is 3. The van der Waals surface area contributed by atoms with Crippen LogP contribution in [-0.4, -0.2) is 41.6 Å². The molecule has 0 aliphatic carbocycles. The summed E-state index contributed by atoms with van der Waals surface area (Å²) >= 11 is 3.40. The molecule has 1 aromatic carbocycles. The maximum atomic E-state index is 12.3. The van der Waals surface area contributed by atoms with Crippen molar-refractivity contribution in [3.05, 3.63) is 34.3 Å². The zero-order valence-electron chi connectivity index (χ0n) is 12.9. The summed E-state index contributed by atoms with van der Waals surface area (Å²) in [6, 6.07) is 7.65. The number of carboxylic acids is 1. The number of carbonyl (C=O) groups is 2. The Morgan fingerprint density at radius 2 is 2.09 bits per heavy atom. The van der Waals surface area contributed by atoms with Crippen LogP contribution < -0.4 is 0 Å². The second kappa shape index (κ2) is 9.58. The number of ether oxygens (including phenoxy) is 1. The number of rotatable bonds is 9. The Bertz CT molecular complexity index is 507. The topological polar surface area (TPSA) is 66.8 Å². The SMILES string of the molecule is COC(C)CCC(=O)N(CCC(=O)O)Cc1cccc(Br)c1. The molecule has 1 atom stereocenters. The number of aliphatic carboxylic acids is 1. The predicted molar refractivity (Wildman–Crippen MR) is 87.5 cm³/mol. The molecule has 1 N–H and O–H groups in total. The minimum Gasteiger partial charge on any atom is -0.481 e. The summed E-state index contributed by atoms with van der Waals surface area (Å²) < 4.78 is 6.08. The zero-order chi connectivity index (χ0) is 16.5. The molecule has 0 saturated heterocycles. The first kappa shape index (κ1) is 18.6. The molecule has 0 spiro atoms. The van der Waals surface area contributed by atoms with E-state index in [9.17, 15) is 9.59 Å². The van der Waals surface area contributed by atoms with Crippen molar-refractivity contribution in [1.82, 2.24) is 4.90 Å². The lowest BCUT2D eigenvalue weighted by atomic mass is 10.1. The maximum absolute atomic E-state index is 12.3. The van der Waals surface area contributed by atoms with Crippen LogP contribution in [0.25, 0.3) is 0 Å². The van der Waals surface area contributed by atoms with E-state index in [1.54, 1.807) is 12.0 Å². The van der Waals surface area contributed by atoms with Gasteiger partial charge in [-0.25, -0.2) is 0 Å². The summed E-state index contributed by atoms with van der Waals surface area (Å²) in [5, 5.41) is 8.85. The molecule has 5 nitrogen and oxygen atoms in total. The summed E-state index contributed by atoms with van der Waals surface area (Å²) in [4.78, 5) is 24.7. The molecule has 0 aliphatic rings. The summed E-state index contributed by atoms with van der Waals surface area (Å²) in [6.45, 7) is 2.53. The highest BCUT2D eigenvalue weighted by Gasteiger charge is 2.16. The second-order valence-electron chi connectivity index (χ2n) is 5.17. The molecule has 0 bridgehead atoms. The van der Waals surface area contributed by atoms with Crippen LogP contribution in [0.3, 0.4) is 0 Å². The fourth-order valence-corrected chi connectivity index (χ4v) is 2.43. The van der Waals surface area contributed by atoms with Gasteiger partial charge in [-0.05, 0) is 31.0 Å². The van der Waals surface area contributed by atoms with Gasteiger partial charge < -0.3 is 14.7 Å². The molecule has 22 heavy (non-hydrogen) atoms. The standard InChI is InChI=1S/C16H22BrNO4/c1-12(22-2)6-7-15(19)18(9-8-16(20)21)11-13-4-3-5-14(17)10-13/h3-5,10,12H,6-9,11H2,1-2H3,(H,20,21). The van der Waals surface area contributed by atoms with Crippen molar-refractivity contribution in [2.24, 2.45) is 0 Å². The third kappa shape index (κ3) is 7.04. The van der Waals surface area contributed by atoms with Crippen molar-refractivity contribution in [1.29, 1.82) is 0 Å². The second-order valence-corrected chi connectivity index (χ2v) is 6.09. The van der Waals surface area contributed by atoms with E-state index in [2.05, 4.69) is 15.9 Å². The van der Waals surface area contributed by atoms with Crippen molar-refractivity contribution >= 4 is 27.8 Å². The van der Waals surface area contributed by atoms with Gasteiger partial charge in [0.15, 0.2) is 0 Å². The zero-order valence-corrected chi connectivity index (χ0v) is 14.5. The van der Waals surface area contributed by atoms with Gasteiger partial charge in [-0.2, -0.15) is 0 Å². The van der Waals surface area contributed by atoms with Crippen LogP contribution in [-0.2, 0) is 20.9 Å². The largest absolute Gasteiger partial charge is 0.481 e. The molecule has 0 aromatic heterocycles. The highest BCUT2D eigenvalue weighted by Crippen LogP contribution is 2.15. The molecule has 6 heteroatoms. The highest BCUT2D eigenvalue weighted by atomic mass is 79.9. The van der Waals surface area contributed by atoms with Crippen LogP contribution in [0.15, 0.2) is 28.7 Å². The van der Waals surface area contributed by atoms with E-state index in [0.717, 1.165) is 10.0 Å². The Labute approximate surface area is 139 Å². The van der Waals surface area contributed by atoms with Crippen LogP contribution in [0.4, 0.5) is 0 Å². The Hall–Kier alpha value is -1.40. The lowest BCUT2D eigenvalue weighted by Gasteiger charge is -2.23. The minimum absolute atomic E-state index is 0.0103. The van der Waals surface area contributed by atoms with Gasteiger partial charge in [0, 0.05) is 31.1 Å². The maximum Gasteiger partial charge on any atom is 0.305 e. The first-order chi connectivity index (χ1) is 10.4. The molecule has 0 aliphatic heterocycles. The lowest BCUT2D eigenvalue weighted by molar-refractivity contribution is -0.139. The van der Waals surface area contributed by atoms with E-state index < -0.39 is 5.97 Å². The van der Waals surface area contributed by atoms with Gasteiger partial charge >= 0.3 is 5.97 Å². The molecule has 122 valence electrons. The molecule has 1 amide bonds. The molecular weight excluding hydrogens is 350 g/mol. The Kier molecular flexibility index (Phi) is 8.12. The molecule has 1 unspecified atom stereocenters. The van der Waals surface area contributed by atoms with Crippen molar-refractivity contribution in [2.45, 2.75) is 38.8 Å². The third-order valence-electron chi connectivity index (χ3n) is 3.38. The molecule has 0 radical (unpaired) electrons. The van der Waals surface area contributed by atoms with Gasteiger partial charge in [0.1, 0.15) is 0 Å². The van der Waals surface area contributed by atoms with E-state index in [0.29, 0.717) is 19.4 Å². The summed E-state index contributed by atoms with van der Waals surface area (Å²) in [5.41, 5.74) is 0.966. The van der Waals surface area contributed by atoms with E-state index >= 15 is 0 Å². The lowest BCUT2D eigenvalue weighted by Crippen LogP contribution is -2.33. The van der Waals surface area contributed by atoms with Crippen LogP contribution >= 0.6 is 15.9 Å². The van der Waals surface area contributed by atoms with Crippen molar-refractivity contribution in [3.63, 3.8) is 0 Å². The summed E-state index contributed by atoms with van der Waals surface area (Å²) in [6.07, 6.45) is 0.927. The number of hydrogen-bond donors (Lipinski definition) is 1. The third-order valence-corrected chi connectivity index (χ3v) is 3.87. The van der Waals surface area contributed by atoms with Crippen molar-refractivity contribution in [2.75, 3.05) is 13.7 Å². The van der Waals surface area contributed by atoms with Gasteiger partial charge in [0.05, 0.1) is 12.5 Å².